The highest BCUT2D eigenvalue weighted by Gasteiger charge is 2.01. The zero-order valence-corrected chi connectivity index (χ0v) is 11.5. The fourth-order valence-corrected chi connectivity index (χ4v) is 2.60. The maximum atomic E-state index is 6.00. The lowest BCUT2D eigenvalue weighted by atomic mass is 10.1. The second-order valence-corrected chi connectivity index (χ2v) is 5.14. The van der Waals surface area contributed by atoms with Crippen LogP contribution in [0.2, 0.25) is 0 Å². The molecular formula is C15H17NOS. The van der Waals surface area contributed by atoms with Crippen LogP contribution in [-0.2, 0) is 6.42 Å². The van der Waals surface area contributed by atoms with E-state index in [9.17, 15) is 0 Å². The second kappa shape index (κ2) is 5.83. The second-order valence-electron chi connectivity index (χ2n) is 3.99. The number of hydrogen-bond donors (Lipinski definition) is 1. The summed E-state index contributed by atoms with van der Waals surface area (Å²) >= 11 is 1.70. The number of methoxy groups -OCH3 is 1. The van der Waals surface area contributed by atoms with Crippen molar-refractivity contribution in [2.75, 3.05) is 12.8 Å². The summed E-state index contributed by atoms with van der Waals surface area (Å²) in [5, 5.41) is 0. The van der Waals surface area contributed by atoms with E-state index in [-0.39, 0.29) is 0 Å². The Balaban J connectivity index is 2.15. The number of hydrogen-bond acceptors (Lipinski definition) is 3. The summed E-state index contributed by atoms with van der Waals surface area (Å²) in [5.74, 6) is 0.875. The summed E-state index contributed by atoms with van der Waals surface area (Å²) in [4.78, 5) is 2.34. The normalized spacial score (nSPS) is 10.3. The Hall–Kier alpha value is -1.61. The molecule has 2 aromatic rings. The van der Waals surface area contributed by atoms with Gasteiger partial charge in [-0.3, -0.25) is 0 Å². The molecular weight excluding hydrogens is 242 g/mol. The van der Waals surface area contributed by atoms with Crippen LogP contribution < -0.4 is 10.5 Å². The van der Waals surface area contributed by atoms with E-state index in [1.54, 1.807) is 18.9 Å². The summed E-state index contributed by atoms with van der Waals surface area (Å²) in [6.07, 6.45) is 0.972. The predicted molar refractivity (Wildman–Crippen MR) is 77.3 cm³/mol. The number of benzene rings is 2. The molecule has 0 radical (unpaired) electrons. The highest BCUT2D eigenvalue weighted by Crippen LogP contribution is 2.31. The van der Waals surface area contributed by atoms with Crippen LogP contribution in [0.25, 0.3) is 0 Å². The standard InChI is InChI=1S/C15H17NOS/c1-3-11-4-7-14(10-15(11)16)18-13-8-5-12(17-2)6-9-13/h4-10H,3,16H2,1-2H3. The summed E-state index contributed by atoms with van der Waals surface area (Å²) < 4.78 is 5.14. The van der Waals surface area contributed by atoms with Gasteiger partial charge in [-0.25, -0.2) is 0 Å². The zero-order chi connectivity index (χ0) is 13.0. The van der Waals surface area contributed by atoms with Crippen molar-refractivity contribution in [3.8, 4) is 5.75 Å². The average Bonchev–Trinajstić information content (AvgIpc) is 2.40. The van der Waals surface area contributed by atoms with Crippen molar-refractivity contribution in [2.45, 2.75) is 23.1 Å². The topological polar surface area (TPSA) is 35.2 Å². The monoisotopic (exact) mass is 259 g/mol. The maximum Gasteiger partial charge on any atom is 0.118 e. The first-order chi connectivity index (χ1) is 8.72. The molecule has 2 rings (SSSR count). The minimum absolute atomic E-state index is 0.871. The molecule has 94 valence electrons. The van der Waals surface area contributed by atoms with Gasteiger partial charge < -0.3 is 10.5 Å². The van der Waals surface area contributed by atoms with Crippen LogP contribution in [0.1, 0.15) is 12.5 Å². The van der Waals surface area contributed by atoms with Crippen molar-refractivity contribution in [3.05, 3.63) is 48.0 Å². The Morgan fingerprint density at radius 2 is 1.72 bits per heavy atom. The van der Waals surface area contributed by atoms with E-state index in [0.717, 1.165) is 22.8 Å². The Kier molecular flexibility index (Phi) is 4.15. The lowest BCUT2D eigenvalue weighted by molar-refractivity contribution is 0.414. The lowest BCUT2D eigenvalue weighted by Gasteiger charge is -2.07. The van der Waals surface area contributed by atoms with Gasteiger partial charge in [0.1, 0.15) is 5.75 Å². The minimum Gasteiger partial charge on any atom is -0.497 e. The molecule has 0 heterocycles. The van der Waals surface area contributed by atoms with Gasteiger partial charge in [-0.15, -0.1) is 0 Å². The van der Waals surface area contributed by atoms with Crippen LogP contribution in [0.15, 0.2) is 52.3 Å². The van der Waals surface area contributed by atoms with Crippen molar-refractivity contribution in [3.63, 3.8) is 0 Å². The summed E-state index contributed by atoms with van der Waals surface area (Å²) in [6.45, 7) is 2.11. The molecule has 0 saturated carbocycles. The van der Waals surface area contributed by atoms with Gasteiger partial charge in [-0.2, -0.15) is 0 Å². The van der Waals surface area contributed by atoms with Crippen molar-refractivity contribution < 1.29 is 4.74 Å². The van der Waals surface area contributed by atoms with Crippen molar-refractivity contribution in [1.82, 2.24) is 0 Å². The SMILES string of the molecule is CCc1ccc(Sc2ccc(OC)cc2)cc1N. The Morgan fingerprint density at radius 3 is 2.28 bits per heavy atom. The lowest BCUT2D eigenvalue weighted by Crippen LogP contribution is -1.92. The highest BCUT2D eigenvalue weighted by atomic mass is 32.2. The molecule has 0 aliphatic heterocycles. The molecule has 0 bridgehead atoms. The fourth-order valence-electron chi connectivity index (χ4n) is 1.74. The number of aryl methyl sites for hydroxylation is 1. The molecule has 2 N–H and O–H groups in total. The molecule has 2 aromatic carbocycles. The van der Waals surface area contributed by atoms with Crippen LogP contribution in [0.5, 0.6) is 5.75 Å². The van der Waals surface area contributed by atoms with Crippen molar-refractivity contribution in [2.24, 2.45) is 0 Å². The number of rotatable bonds is 4. The van der Waals surface area contributed by atoms with Crippen LogP contribution >= 0.6 is 11.8 Å². The number of nitrogens with two attached hydrogens (primary N) is 1. The molecule has 3 heteroatoms. The van der Waals surface area contributed by atoms with E-state index in [1.165, 1.54) is 10.5 Å². The van der Waals surface area contributed by atoms with Crippen LogP contribution in [0.3, 0.4) is 0 Å². The average molecular weight is 259 g/mol. The predicted octanol–water partition coefficient (Wildman–Crippen LogP) is 3.99. The Morgan fingerprint density at radius 1 is 1.06 bits per heavy atom. The van der Waals surface area contributed by atoms with E-state index in [2.05, 4.69) is 19.1 Å². The molecule has 2 nitrogen and oxygen atoms in total. The zero-order valence-electron chi connectivity index (χ0n) is 10.6. The van der Waals surface area contributed by atoms with E-state index in [4.69, 9.17) is 10.5 Å². The molecule has 0 spiro atoms. The van der Waals surface area contributed by atoms with E-state index in [0.29, 0.717) is 0 Å². The van der Waals surface area contributed by atoms with Crippen LogP contribution in [-0.4, -0.2) is 7.11 Å². The van der Waals surface area contributed by atoms with Crippen molar-refractivity contribution in [1.29, 1.82) is 0 Å². The largest absolute Gasteiger partial charge is 0.497 e. The quantitative estimate of drug-likeness (QED) is 0.843. The van der Waals surface area contributed by atoms with Crippen LogP contribution in [0, 0.1) is 0 Å². The van der Waals surface area contributed by atoms with E-state index >= 15 is 0 Å². The first-order valence-corrected chi connectivity index (χ1v) is 6.75. The molecule has 0 unspecified atom stereocenters. The summed E-state index contributed by atoms with van der Waals surface area (Å²) in [6, 6.07) is 14.3. The number of ether oxygens (including phenoxy) is 1. The molecule has 0 aliphatic carbocycles. The number of nitrogen functional groups attached to an aromatic ring is 1. The van der Waals surface area contributed by atoms with E-state index < -0.39 is 0 Å². The van der Waals surface area contributed by atoms with Gasteiger partial charge in [0.25, 0.3) is 0 Å². The Labute approximate surface area is 112 Å². The Bertz CT molecular complexity index is 523. The third kappa shape index (κ3) is 2.99. The molecule has 0 aliphatic rings. The molecule has 0 amide bonds. The van der Waals surface area contributed by atoms with Gasteiger partial charge in [0.05, 0.1) is 7.11 Å². The van der Waals surface area contributed by atoms with E-state index in [1.807, 2.05) is 30.3 Å². The first-order valence-electron chi connectivity index (χ1n) is 5.93. The van der Waals surface area contributed by atoms with Gasteiger partial charge >= 0.3 is 0 Å². The third-order valence-electron chi connectivity index (χ3n) is 2.79. The smallest absolute Gasteiger partial charge is 0.118 e. The van der Waals surface area contributed by atoms with Gasteiger partial charge in [0, 0.05) is 15.5 Å². The number of anilines is 1. The molecule has 18 heavy (non-hydrogen) atoms. The van der Waals surface area contributed by atoms with Gasteiger partial charge in [0.2, 0.25) is 0 Å². The third-order valence-corrected chi connectivity index (χ3v) is 3.79. The summed E-state index contributed by atoms with van der Waals surface area (Å²) in [7, 11) is 1.67. The van der Waals surface area contributed by atoms with Crippen molar-refractivity contribution >= 4 is 17.4 Å². The molecule has 0 aromatic heterocycles. The highest BCUT2D eigenvalue weighted by molar-refractivity contribution is 7.99. The molecule has 0 atom stereocenters. The summed E-state index contributed by atoms with van der Waals surface area (Å²) in [5.41, 5.74) is 8.07. The maximum absolute atomic E-state index is 6.00. The van der Waals surface area contributed by atoms with Crippen LogP contribution in [0.4, 0.5) is 5.69 Å². The fraction of sp³-hybridized carbons (Fsp3) is 0.200. The van der Waals surface area contributed by atoms with Gasteiger partial charge in [-0.1, -0.05) is 24.8 Å². The minimum atomic E-state index is 0.871. The van der Waals surface area contributed by atoms with Gasteiger partial charge in [0.15, 0.2) is 0 Å². The van der Waals surface area contributed by atoms with Gasteiger partial charge in [-0.05, 0) is 48.4 Å². The molecule has 0 saturated heterocycles. The molecule has 0 fully saturated rings. The first kappa shape index (κ1) is 12.8.